The van der Waals surface area contributed by atoms with Gasteiger partial charge >= 0.3 is 6.18 Å². The molecular weight excluding hydrogens is 295 g/mol. The van der Waals surface area contributed by atoms with Crippen molar-refractivity contribution in [3.8, 4) is 0 Å². The van der Waals surface area contributed by atoms with Crippen molar-refractivity contribution < 1.29 is 22.8 Å². The summed E-state index contributed by atoms with van der Waals surface area (Å²) in [4.78, 5) is 23.6. The lowest BCUT2D eigenvalue weighted by Crippen LogP contribution is -2.16. The highest BCUT2D eigenvalue weighted by Gasteiger charge is 2.30. The van der Waals surface area contributed by atoms with E-state index in [4.69, 9.17) is 0 Å². The second kappa shape index (κ2) is 6.43. The molecule has 1 N–H and O–H groups in total. The SMILES string of the molecule is O=C(CC(=O)c1ccc(C(F)(F)F)cc1)Nc1ccccc1. The Balaban J connectivity index is 1.98. The summed E-state index contributed by atoms with van der Waals surface area (Å²) in [5, 5.41) is 2.54. The normalized spacial score (nSPS) is 11.0. The number of benzene rings is 2. The van der Waals surface area contributed by atoms with Gasteiger partial charge in [0.15, 0.2) is 5.78 Å². The fraction of sp³-hybridized carbons (Fsp3) is 0.125. The Morgan fingerprint density at radius 1 is 0.909 bits per heavy atom. The van der Waals surface area contributed by atoms with E-state index in [1.54, 1.807) is 30.3 Å². The molecule has 0 spiro atoms. The molecule has 0 radical (unpaired) electrons. The van der Waals surface area contributed by atoms with Crippen LogP contribution in [0.1, 0.15) is 22.3 Å². The van der Waals surface area contributed by atoms with Gasteiger partial charge in [-0.2, -0.15) is 13.2 Å². The molecule has 0 unspecified atom stereocenters. The van der Waals surface area contributed by atoms with Crippen molar-refractivity contribution in [3.63, 3.8) is 0 Å². The summed E-state index contributed by atoms with van der Waals surface area (Å²) >= 11 is 0. The molecule has 0 saturated heterocycles. The van der Waals surface area contributed by atoms with Crippen molar-refractivity contribution in [1.82, 2.24) is 0 Å². The maximum atomic E-state index is 12.4. The van der Waals surface area contributed by atoms with E-state index in [9.17, 15) is 22.8 Å². The minimum absolute atomic E-state index is 0.0659. The summed E-state index contributed by atoms with van der Waals surface area (Å²) in [6.07, 6.45) is -4.88. The van der Waals surface area contributed by atoms with Crippen molar-refractivity contribution in [3.05, 3.63) is 65.7 Å². The van der Waals surface area contributed by atoms with Gasteiger partial charge in [0.2, 0.25) is 5.91 Å². The van der Waals surface area contributed by atoms with E-state index >= 15 is 0 Å². The van der Waals surface area contributed by atoms with Crippen LogP contribution in [-0.4, -0.2) is 11.7 Å². The Hall–Kier alpha value is -2.63. The van der Waals surface area contributed by atoms with Gasteiger partial charge in [0, 0.05) is 11.3 Å². The number of carbonyl (C=O) groups is 2. The van der Waals surface area contributed by atoms with Gasteiger partial charge in [0.05, 0.1) is 12.0 Å². The molecule has 22 heavy (non-hydrogen) atoms. The number of carbonyl (C=O) groups excluding carboxylic acids is 2. The Morgan fingerprint density at radius 2 is 1.50 bits per heavy atom. The van der Waals surface area contributed by atoms with Gasteiger partial charge in [-0.05, 0) is 24.3 Å². The number of nitrogens with one attached hydrogen (secondary N) is 1. The lowest BCUT2D eigenvalue weighted by molar-refractivity contribution is -0.137. The van der Waals surface area contributed by atoms with E-state index in [2.05, 4.69) is 5.32 Å². The van der Waals surface area contributed by atoms with Crippen LogP contribution in [0.25, 0.3) is 0 Å². The molecule has 2 aromatic rings. The minimum Gasteiger partial charge on any atom is -0.326 e. The highest BCUT2D eigenvalue weighted by molar-refractivity contribution is 6.10. The molecule has 2 aromatic carbocycles. The highest BCUT2D eigenvalue weighted by atomic mass is 19.4. The first-order valence-electron chi connectivity index (χ1n) is 6.41. The maximum Gasteiger partial charge on any atom is 0.416 e. The van der Waals surface area contributed by atoms with E-state index in [0.717, 1.165) is 24.3 Å². The average Bonchev–Trinajstić information content (AvgIpc) is 2.47. The van der Waals surface area contributed by atoms with Crippen molar-refractivity contribution >= 4 is 17.4 Å². The van der Waals surface area contributed by atoms with E-state index in [0.29, 0.717) is 5.69 Å². The third kappa shape index (κ3) is 4.18. The second-order valence-electron chi connectivity index (χ2n) is 4.59. The molecule has 0 heterocycles. The second-order valence-corrected chi connectivity index (χ2v) is 4.59. The van der Waals surface area contributed by atoms with E-state index < -0.39 is 29.9 Å². The van der Waals surface area contributed by atoms with Crippen LogP contribution in [0.2, 0.25) is 0 Å². The van der Waals surface area contributed by atoms with Crippen LogP contribution in [0.4, 0.5) is 18.9 Å². The van der Waals surface area contributed by atoms with E-state index in [1.807, 2.05) is 0 Å². The quantitative estimate of drug-likeness (QED) is 0.687. The zero-order valence-corrected chi connectivity index (χ0v) is 11.4. The van der Waals surface area contributed by atoms with Gasteiger partial charge in [-0.3, -0.25) is 9.59 Å². The molecule has 0 bridgehead atoms. The summed E-state index contributed by atoms with van der Waals surface area (Å²) in [5.41, 5.74) is -0.221. The summed E-state index contributed by atoms with van der Waals surface area (Å²) in [6, 6.07) is 12.4. The molecule has 1 amide bonds. The van der Waals surface area contributed by atoms with E-state index in [1.165, 1.54) is 0 Å². The average molecular weight is 307 g/mol. The number of amides is 1. The molecule has 0 fully saturated rings. The summed E-state index contributed by atoms with van der Waals surface area (Å²) in [7, 11) is 0. The van der Waals surface area contributed by atoms with Gasteiger partial charge in [-0.25, -0.2) is 0 Å². The smallest absolute Gasteiger partial charge is 0.326 e. The topological polar surface area (TPSA) is 46.2 Å². The highest BCUT2D eigenvalue weighted by Crippen LogP contribution is 2.29. The van der Waals surface area contributed by atoms with Crippen LogP contribution in [0, 0.1) is 0 Å². The molecule has 6 heteroatoms. The Labute approximate surface area is 124 Å². The zero-order chi connectivity index (χ0) is 16.2. The maximum absolute atomic E-state index is 12.4. The number of ketones is 1. The molecule has 114 valence electrons. The third-order valence-electron chi connectivity index (χ3n) is 2.91. The molecule has 0 atom stereocenters. The van der Waals surface area contributed by atoms with E-state index in [-0.39, 0.29) is 5.56 Å². The Morgan fingerprint density at radius 3 is 2.05 bits per heavy atom. The fourth-order valence-electron chi connectivity index (χ4n) is 1.82. The Kier molecular flexibility index (Phi) is 4.60. The van der Waals surface area contributed by atoms with Crippen LogP contribution in [0.5, 0.6) is 0 Å². The molecule has 0 saturated carbocycles. The first kappa shape index (κ1) is 15.8. The summed E-state index contributed by atoms with van der Waals surface area (Å²) in [6.45, 7) is 0. The van der Waals surface area contributed by atoms with Gasteiger partial charge in [0.25, 0.3) is 0 Å². The van der Waals surface area contributed by atoms with Gasteiger partial charge < -0.3 is 5.32 Å². The van der Waals surface area contributed by atoms with Crippen LogP contribution in [-0.2, 0) is 11.0 Å². The van der Waals surface area contributed by atoms with Gasteiger partial charge in [0.1, 0.15) is 0 Å². The predicted molar refractivity (Wildman–Crippen MR) is 75.5 cm³/mol. The van der Waals surface area contributed by atoms with Crippen molar-refractivity contribution in [2.75, 3.05) is 5.32 Å². The van der Waals surface area contributed by atoms with Crippen LogP contribution >= 0.6 is 0 Å². The zero-order valence-electron chi connectivity index (χ0n) is 11.4. The first-order valence-corrected chi connectivity index (χ1v) is 6.41. The number of alkyl halides is 3. The van der Waals surface area contributed by atoms with Crippen molar-refractivity contribution in [1.29, 1.82) is 0 Å². The summed E-state index contributed by atoms with van der Waals surface area (Å²) < 4.78 is 37.3. The van der Waals surface area contributed by atoms with Crippen LogP contribution in [0.3, 0.4) is 0 Å². The first-order chi connectivity index (χ1) is 10.4. The molecule has 0 aliphatic heterocycles. The summed E-state index contributed by atoms with van der Waals surface area (Å²) in [5.74, 6) is -1.06. The monoisotopic (exact) mass is 307 g/mol. The van der Waals surface area contributed by atoms with Gasteiger partial charge in [-0.15, -0.1) is 0 Å². The number of para-hydroxylation sites is 1. The molecular formula is C16H12F3NO2. The largest absolute Gasteiger partial charge is 0.416 e. The standard InChI is InChI=1S/C16H12F3NO2/c17-16(18,19)12-8-6-11(7-9-12)14(21)10-15(22)20-13-4-2-1-3-5-13/h1-9H,10H2,(H,20,22). The van der Waals surface area contributed by atoms with Gasteiger partial charge in [-0.1, -0.05) is 30.3 Å². The predicted octanol–water partition coefficient (Wildman–Crippen LogP) is 3.92. The molecule has 3 nitrogen and oxygen atoms in total. The molecule has 0 aliphatic rings. The third-order valence-corrected chi connectivity index (χ3v) is 2.91. The van der Waals surface area contributed by atoms with Crippen molar-refractivity contribution in [2.24, 2.45) is 0 Å². The lowest BCUT2D eigenvalue weighted by atomic mass is 10.1. The number of rotatable bonds is 4. The molecule has 2 rings (SSSR count). The number of anilines is 1. The number of hydrogen-bond acceptors (Lipinski definition) is 2. The van der Waals surface area contributed by atoms with Crippen molar-refractivity contribution in [2.45, 2.75) is 12.6 Å². The lowest BCUT2D eigenvalue weighted by Gasteiger charge is -2.07. The molecule has 0 aliphatic carbocycles. The minimum atomic E-state index is -4.45. The van der Waals surface area contributed by atoms with Crippen LogP contribution < -0.4 is 5.32 Å². The number of hydrogen-bond donors (Lipinski definition) is 1. The molecule has 0 aromatic heterocycles. The van der Waals surface area contributed by atoms with Crippen LogP contribution in [0.15, 0.2) is 54.6 Å². The number of halogens is 3. The number of Topliss-reactive ketones (excluding diaryl/α,β-unsaturated/α-hetero) is 1. The Bertz CT molecular complexity index is 664. The fourth-order valence-corrected chi connectivity index (χ4v) is 1.82.